The molecule has 1 heterocycles. The van der Waals surface area contributed by atoms with Gasteiger partial charge in [-0.3, -0.25) is 14.5 Å². The first-order valence-electron chi connectivity index (χ1n) is 9.02. The van der Waals surface area contributed by atoms with E-state index in [1.807, 2.05) is 0 Å². The topological polar surface area (TPSA) is 87.7 Å². The summed E-state index contributed by atoms with van der Waals surface area (Å²) in [5, 5.41) is 4.71. The van der Waals surface area contributed by atoms with Crippen molar-refractivity contribution in [2.45, 2.75) is 58.1 Å². The number of hydrogen-bond donors (Lipinski definition) is 2. The molecule has 1 aliphatic heterocycles. The zero-order valence-corrected chi connectivity index (χ0v) is 17.3. The van der Waals surface area contributed by atoms with Crippen LogP contribution in [-0.4, -0.2) is 53.2 Å². The molecule has 0 radical (unpaired) electrons. The molecular formula is C19H24ClF2N3O4. The van der Waals surface area contributed by atoms with Crippen LogP contribution >= 0.6 is 11.6 Å². The van der Waals surface area contributed by atoms with Gasteiger partial charge in [-0.15, -0.1) is 0 Å². The summed E-state index contributed by atoms with van der Waals surface area (Å²) >= 11 is 5.72. The Kier molecular flexibility index (Phi) is 7.05. The molecule has 0 aliphatic carbocycles. The third-order valence-electron chi connectivity index (χ3n) is 4.19. The van der Waals surface area contributed by atoms with Crippen molar-refractivity contribution in [3.63, 3.8) is 0 Å². The van der Waals surface area contributed by atoms with Crippen molar-refractivity contribution in [1.82, 2.24) is 15.5 Å². The lowest BCUT2D eigenvalue weighted by Crippen LogP contribution is -2.50. The van der Waals surface area contributed by atoms with Crippen LogP contribution in [0.15, 0.2) is 18.2 Å². The van der Waals surface area contributed by atoms with Crippen molar-refractivity contribution in [2.75, 3.05) is 6.54 Å². The quantitative estimate of drug-likeness (QED) is 0.767. The number of halogens is 3. The summed E-state index contributed by atoms with van der Waals surface area (Å²) in [5.41, 5.74) is -0.749. The molecule has 2 rings (SSSR count). The standard InChI is InChI=1S/C19H24ClF2N3O4/c1-10(26)24-13-9-25(18(28)29-19(2,3)4)16(15(13)22)17(27)23-8-11-6-5-7-12(20)14(11)21/h5-7,13,15-16H,8-9H2,1-4H3,(H,23,27)(H,24,26)/t13-,15+,16+/m1/s1. The van der Waals surface area contributed by atoms with E-state index in [0.717, 1.165) is 4.90 Å². The van der Waals surface area contributed by atoms with Crippen molar-refractivity contribution in [1.29, 1.82) is 0 Å². The minimum absolute atomic E-state index is 0.109. The summed E-state index contributed by atoms with van der Waals surface area (Å²) in [6.45, 7) is 5.63. The normalized spacial score (nSPS) is 21.6. The highest BCUT2D eigenvalue weighted by Crippen LogP contribution is 2.25. The Hall–Kier alpha value is -2.42. The molecule has 1 saturated heterocycles. The number of amides is 3. The first-order valence-corrected chi connectivity index (χ1v) is 9.40. The van der Waals surface area contributed by atoms with Gasteiger partial charge in [0.05, 0.1) is 11.1 Å². The largest absolute Gasteiger partial charge is 0.444 e. The van der Waals surface area contributed by atoms with E-state index in [2.05, 4.69) is 10.6 Å². The number of hydrogen-bond acceptors (Lipinski definition) is 4. The van der Waals surface area contributed by atoms with Crippen molar-refractivity contribution in [3.05, 3.63) is 34.6 Å². The van der Waals surface area contributed by atoms with Crippen LogP contribution in [0.25, 0.3) is 0 Å². The summed E-state index contributed by atoms with van der Waals surface area (Å²) in [5.74, 6) is -2.03. The molecule has 1 aliphatic rings. The van der Waals surface area contributed by atoms with E-state index >= 15 is 0 Å². The Bertz CT molecular complexity index is 800. The Balaban J connectivity index is 2.19. The van der Waals surface area contributed by atoms with Gasteiger partial charge in [0.2, 0.25) is 11.8 Å². The maximum Gasteiger partial charge on any atom is 0.411 e. The number of likely N-dealkylation sites (tertiary alicyclic amines) is 1. The maximum atomic E-state index is 15.0. The van der Waals surface area contributed by atoms with E-state index in [1.165, 1.54) is 25.1 Å². The molecule has 1 aromatic carbocycles. The fourth-order valence-electron chi connectivity index (χ4n) is 2.97. The second kappa shape index (κ2) is 8.94. The third kappa shape index (κ3) is 5.79. The average Bonchev–Trinajstić information content (AvgIpc) is 2.90. The Labute approximate surface area is 172 Å². The van der Waals surface area contributed by atoms with E-state index in [9.17, 15) is 23.2 Å². The van der Waals surface area contributed by atoms with Crippen LogP contribution in [0.5, 0.6) is 0 Å². The van der Waals surface area contributed by atoms with Gasteiger partial charge in [0.1, 0.15) is 17.5 Å². The first-order chi connectivity index (χ1) is 13.4. The minimum Gasteiger partial charge on any atom is -0.444 e. The Morgan fingerprint density at radius 2 is 1.97 bits per heavy atom. The van der Waals surface area contributed by atoms with Gasteiger partial charge in [-0.2, -0.15) is 0 Å². The van der Waals surface area contributed by atoms with Crippen molar-refractivity contribution < 1.29 is 27.9 Å². The van der Waals surface area contributed by atoms with Crippen LogP contribution < -0.4 is 10.6 Å². The van der Waals surface area contributed by atoms with Gasteiger partial charge >= 0.3 is 6.09 Å². The Morgan fingerprint density at radius 1 is 1.31 bits per heavy atom. The van der Waals surface area contributed by atoms with E-state index in [0.29, 0.717) is 0 Å². The number of ether oxygens (including phenoxy) is 1. The maximum absolute atomic E-state index is 15.0. The highest BCUT2D eigenvalue weighted by molar-refractivity contribution is 6.30. The molecule has 1 fully saturated rings. The molecule has 0 bridgehead atoms. The van der Waals surface area contributed by atoms with Crippen LogP contribution in [0.1, 0.15) is 33.3 Å². The van der Waals surface area contributed by atoms with Gasteiger partial charge < -0.3 is 15.4 Å². The van der Waals surface area contributed by atoms with Crippen LogP contribution in [0.2, 0.25) is 5.02 Å². The van der Waals surface area contributed by atoms with Crippen LogP contribution in [0.3, 0.4) is 0 Å². The van der Waals surface area contributed by atoms with Crippen LogP contribution in [0.4, 0.5) is 13.6 Å². The van der Waals surface area contributed by atoms with Crippen molar-refractivity contribution in [2.24, 2.45) is 0 Å². The number of benzene rings is 1. The SMILES string of the molecule is CC(=O)N[C@@H]1CN(C(=O)OC(C)(C)C)[C@H](C(=O)NCc2cccc(Cl)c2F)[C@H]1F. The zero-order valence-electron chi connectivity index (χ0n) is 16.6. The highest BCUT2D eigenvalue weighted by Gasteiger charge is 2.50. The zero-order chi connectivity index (χ0) is 21.9. The summed E-state index contributed by atoms with van der Waals surface area (Å²) in [6.07, 6.45) is -2.75. The minimum atomic E-state index is -1.87. The van der Waals surface area contributed by atoms with Gasteiger partial charge in [-0.25, -0.2) is 13.6 Å². The molecular weight excluding hydrogens is 408 g/mol. The lowest BCUT2D eigenvalue weighted by atomic mass is 10.1. The van der Waals surface area contributed by atoms with Crippen molar-refractivity contribution >= 4 is 29.5 Å². The molecule has 2 N–H and O–H groups in total. The monoisotopic (exact) mass is 431 g/mol. The summed E-state index contributed by atoms with van der Waals surface area (Å²) < 4.78 is 34.2. The van der Waals surface area contributed by atoms with Gasteiger partial charge in [0, 0.05) is 25.6 Å². The van der Waals surface area contributed by atoms with Crippen molar-refractivity contribution in [3.8, 4) is 0 Å². The first kappa shape index (κ1) is 22.9. The number of alkyl halides is 1. The second-order valence-corrected chi connectivity index (χ2v) is 8.17. The molecule has 0 unspecified atom stereocenters. The fraction of sp³-hybridized carbons (Fsp3) is 0.526. The van der Waals surface area contributed by atoms with Crippen LogP contribution in [-0.2, 0) is 20.9 Å². The molecule has 29 heavy (non-hydrogen) atoms. The number of carbonyl (C=O) groups excluding carboxylic acids is 3. The fourth-order valence-corrected chi connectivity index (χ4v) is 3.17. The number of carbonyl (C=O) groups is 3. The predicted octanol–water partition coefficient (Wildman–Crippen LogP) is 2.56. The summed E-state index contributed by atoms with van der Waals surface area (Å²) in [4.78, 5) is 37.4. The summed E-state index contributed by atoms with van der Waals surface area (Å²) in [6, 6.07) is 1.69. The molecule has 3 amide bonds. The molecule has 0 aromatic heterocycles. The van der Waals surface area contributed by atoms with E-state index < -0.39 is 47.6 Å². The lowest BCUT2D eigenvalue weighted by Gasteiger charge is -2.28. The molecule has 0 spiro atoms. The summed E-state index contributed by atoms with van der Waals surface area (Å²) in [7, 11) is 0. The van der Waals surface area contributed by atoms with E-state index in [-0.39, 0.29) is 23.7 Å². The van der Waals surface area contributed by atoms with Gasteiger partial charge in [-0.05, 0) is 26.8 Å². The van der Waals surface area contributed by atoms with E-state index in [4.69, 9.17) is 16.3 Å². The smallest absolute Gasteiger partial charge is 0.411 e. The van der Waals surface area contributed by atoms with Crippen LogP contribution in [0, 0.1) is 5.82 Å². The molecule has 0 saturated carbocycles. The second-order valence-electron chi connectivity index (χ2n) is 7.76. The third-order valence-corrected chi connectivity index (χ3v) is 4.48. The van der Waals surface area contributed by atoms with Gasteiger partial charge in [-0.1, -0.05) is 23.7 Å². The highest BCUT2D eigenvalue weighted by atomic mass is 35.5. The Morgan fingerprint density at radius 3 is 2.55 bits per heavy atom. The lowest BCUT2D eigenvalue weighted by molar-refractivity contribution is -0.127. The molecule has 3 atom stereocenters. The van der Waals surface area contributed by atoms with Gasteiger partial charge in [0.25, 0.3) is 0 Å². The van der Waals surface area contributed by atoms with E-state index in [1.54, 1.807) is 20.8 Å². The number of nitrogens with zero attached hydrogens (tertiary/aromatic N) is 1. The average molecular weight is 432 g/mol. The van der Waals surface area contributed by atoms with Gasteiger partial charge in [0.15, 0.2) is 6.17 Å². The number of nitrogens with one attached hydrogen (secondary N) is 2. The molecule has 10 heteroatoms. The predicted molar refractivity (Wildman–Crippen MR) is 102 cm³/mol. The molecule has 1 aromatic rings. The molecule has 160 valence electrons. The molecule has 7 nitrogen and oxygen atoms in total. The number of rotatable bonds is 4.